The molecule has 0 radical (unpaired) electrons. The summed E-state index contributed by atoms with van der Waals surface area (Å²) in [5.41, 5.74) is 5.82. The van der Waals surface area contributed by atoms with Gasteiger partial charge in [-0.15, -0.1) is 0 Å². The molecule has 1 saturated heterocycles. The first kappa shape index (κ1) is 15.6. The lowest BCUT2D eigenvalue weighted by atomic mass is 10.2. The molecular weight excluding hydrogens is 300 g/mol. The van der Waals surface area contributed by atoms with Gasteiger partial charge in [0.25, 0.3) is 5.56 Å². The van der Waals surface area contributed by atoms with Crippen LogP contribution in [-0.2, 0) is 9.53 Å². The van der Waals surface area contributed by atoms with Crippen LogP contribution in [0.25, 0.3) is 11.2 Å². The standard InChI is InChI=1S/C14H20N6O3/c1-7(2)12(21)18-14-17-11-10(13(22)19-14)16-6-20(11)9-4-3-8(5-15)23-9/h6-9H,3-5,15H2,1-2H3,(H2,17,18,19,21,22). The lowest BCUT2D eigenvalue weighted by Gasteiger charge is -2.14. The number of rotatable bonds is 4. The molecule has 9 heteroatoms. The Bertz CT molecular complexity index is 780. The second kappa shape index (κ2) is 6.09. The highest BCUT2D eigenvalue weighted by Gasteiger charge is 2.27. The van der Waals surface area contributed by atoms with Crippen molar-refractivity contribution in [2.45, 2.75) is 39.0 Å². The maximum Gasteiger partial charge on any atom is 0.280 e. The molecule has 1 fully saturated rings. The van der Waals surface area contributed by atoms with Gasteiger partial charge in [0.1, 0.15) is 6.23 Å². The Kier molecular flexibility index (Phi) is 4.14. The molecule has 0 saturated carbocycles. The smallest absolute Gasteiger partial charge is 0.280 e. The van der Waals surface area contributed by atoms with E-state index in [4.69, 9.17) is 10.5 Å². The minimum absolute atomic E-state index is 0.000407. The highest BCUT2D eigenvalue weighted by atomic mass is 16.5. The van der Waals surface area contributed by atoms with E-state index < -0.39 is 5.56 Å². The Morgan fingerprint density at radius 3 is 3.00 bits per heavy atom. The largest absolute Gasteiger partial charge is 0.353 e. The van der Waals surface area contributed by atoms with E-state index in [1.807, 2.05) is 0 Å². The molecule has 0 spiro atoms. The number of amides is 1. The quantitative estimate of drug-likeness (QED) is 0.746. The summed E-state index contributed by atoms with van der Waals surface area (Å²) in [5, 5.41) is 2.59. The van der Waals surface area contributed by atoms with Crippen LogP contribution in [-0.4, -0.2) is 38.1 Å². The maximum absolute atomic E-state index is 12.1. The molecule has 1 aliphatic rings. The van der Waals surface area contributed by atoms with E-state index in [2.05, 4.69) is 20.3 Å². The van der Waals surface area contributed by atoms with E-state index in [1.54, 1.807) is 18.4 Å². The van der Waals surface area contributed by atoms with Gasteiger partial charge in [-0.2, -0.15) is 4.98 Å². The SMILES string of the molecule is CC(C)C(=O)Nc1nc2c(ncn2C2CCC(CN)O2)c(=O)[nH]1. The first-order chi connectivity index (χ1) is 11.0. The fourth-order valence-corrected chi connectivity index (χ4v) is 2.52. The second-order valence-electron chi connectivity index (χ2n) is 5.91. The van der Waals surface area contributed by atoms with E-state index in [-0.39, 0.29) is 35.6 Å². The summed E-state index contributed by atoms with van der Waals surface area (Å²) in [6.07, 6.45) is 2.90. The van der Waals surface area contributed by atoms with Gasteiger partial charge in [0.05, 0.1) is 12.4 Å². The van der Waals surface area contributed by atoms with Crippen molar-refractivity contribution in [2.75, 3.05) is 11.9 Å². The molecule has 2 aromatic rings. The summed E-state index contributed by atoms with van der Waals surface area (Å²) < 4.78 is 7.53. The molecule has 1 aliphatic heterocycles. The van der Waals surface area contributed by atoms with Crippen molar-refractivity contribution in [3.05, 3.63) is 16.7 Å². The lowest BCUT2D eigenvalue weighted by molar-refractivity contribution is -0.118. The van der Waals surface area contributed by atoms with E-state index in [0.717, 1.165) is 12.8 Å². The zero-order valence-electron chi connectivity index (χ0n) is 13.1. The Morgan fingerprint density at radius 2 is 2.35 bits per heavy atom. The van der Waals surface area contributed by atoms with E-state index >= 15 is 0 Å². The normalized spacial score (nSPS) is 21.2. The van der Waals surface area contributed by atoms with Gasteiger partial charge in [-0.3, -0.25) is 24.5 Å². The highest BCUT2D eigenvalue weighted by Crippen LogP contribution is 2.29. The molecule has 4 N–H and O–H groups in total. The lowest BCUT2D eigenvalue weighted by Crippen LogP contribution is -2.23. The van der Waals surface area contributed by atoms with Crippen LogP contribution in [0.1, 0.15) is 32.9 Å². The number of ether oxygens (including phenoxy) is 1. The molecule has 0 aliphatic carbocycles. The number of fused-ring (bicyclic) bond motifs is 1. The molecule has 2 unspecified atom stereocenters. The zero-order chi connectivity index (χ0) is 16.6. The van der Waals surface area contributed by atoms with Gasteiger partial charge >= 0.3 is 0 Å². The molecule has 23 heavy (non-hydrogen) atoms. The van der Waals surface area contributed by atoms with Crippen molar-refractivity contribution in [1.29, 1.82) is 0 Å². The first-order valence-electron chi connectivity index (χ1n) is 7.63. The Balaban J connectivity index is 1.96. The predicted molar refractivity (Wildman–Crippen MR) is 83.8 cm³/mol. The molecular formula is C14H20N6O3. The van der Waals surface area contributed by atoms with Crippen LogP contribution in [0, 0.1) is 5.92 Å². The van der Waals surface area contributed by atoms with E-state index in [0.29, 0.717) is 12.2 Å². The minimum atomic E-state index is -0.402. The van der Waals surface area contributed by atoms with E-state index in [9.17, 15) is 9.59 Å². The van der Waals surface area contributed by atoms with Gasteiger partial charge in [-0.05, 0) is 12.8 Å². The number of aromatic amines is 1. The van der Waals surface area contributed by atoms with Gasteiger partial charge in [0, 0.05) is 12.5 Å². The number of hydrogen-bond donors (Lipinski definition) is 3. The number of nitrogens with one attached hydrogen (secondary N) is 2. The number of nitrogens with two attached hydrogens (primary N) is 1. The number of imidazole rings is 1. The minimum Gasteiger partial charge on any atom is -0.353 e. The number of H-pyrrole nitrogens is 1. The zero-order valence-corrected chi connectivity index (χ0v) is 13.1. The van der Waals surface area contributed by atoms with Crippen LogP contribution < -0.4 is 16.6 Å². The summed E-state index contributed by atoms with van der Waals surface area (Å²) in [6.45, 7) is 3.97. The molecule has 9 nitrogen and oxygen atoms in total. The van der Waals surface area contributed by atoms with Gasteiger partial charge < -0.3 is 10.5 Å². The summed E-state index contributed by atoms with van der Waals surface area (Å²) in [4.78, 5) is 34.8. The van der Waals surface area contributed by atoms with Gasteiger partial charge in [-0.25, -0.2) is 4.98 Å². The van der Waals surface area contributed by atoms with Crippen molar-refractivity contribution in [3.63, 3.8) is 0 Å². The molecule has 124 valence electrons. The van der Waals surface area contributed by atoms with Crippen LogP contribution in [0.3, 0.4) is 0 Å². The highest BCUT2D eigenvalue weighted by molar-refractivity contribution is 5.91. The van der Waals surface area contributed by atoms with Gasteiger partial charge in [0.2, 0.25) is 11.9 Å². The molecule has 0 aromatic carbocycles. The Hall–Kier alpha value is -2.26. The molecule has 0 bridgehead atoms. The van der Waals surface area contributed by atoms with Crippen molar-refractivity contribution < 1.29 is 9.53 Å². The van der Waals surface area contributed by atoms with Crippen LogP contribution in [0.2, 0.25) is 0 Å². The number of hydrogen-bond acceptors (Lipinski definition) is 6. The Morgan fingerprint density at radius 1 is 1.57 bits per heavy atom. The number of carbonyl (C=O) groups is 1. The van der Waals surface area contributed by atoms with Gasteiger partial charge in [0.15, 0.2) is 11.2 Å². The summed E-state index contributed by atoms with van der Waals surface area (Å²) in [6, 6.07) is 0. The van der Waals surface area contributed by atoms with Crippen LogP contribution in [0.4, 0.5) is 5.95 Å². The maximum atomic E-state index is 12.1. The summed E-state index contributed by atoms with van der Waals surface area (Å²) in [5.74, 6) is -0.334. The molecule has 2 atom stereocenters. The van der Waals surface area contributed by atoms with Crippen molar-refractivity contribution >= 4 is 23.0 Å². The van der Waals surface area contributed by atoms with Crippen LogP contribution >= 0.6 is 0 Å². The molecule has 3 rings (SSSR count). The monoisotopic (exact) mass is 320 g/mol. The number of anilines is 1. The summed E-state index contributed by atoms with van der Waals surface area (Å²) in [7, 11) is 0. The van der Waals surface area contributed by atoms with Crippen molar-refractivity contribution in [2.24, 2.45) is 11.7 Å². The van der Waals surface area contributed by atoms with Crippen LogP contribution in [0.5, 0.6) is 0 Å². The fraction of sp³-hybridized carbons (Fsp3) is 0.571. The third-order valence-electron chi connectivity index (χ3n) is 3.86. The predicted octanol–water partition coefficient (Wildman–Crippen LogP) is 0.350. The molecule has 3 heterocycles. The molecule has 2 aromatic heterocycles. The van der Waals surface area contributed by atoms with Crippen molar-refractivity contribution in [3.8, 4) is 0 Å². The van der Waals surface area contributed by atoms with E-state index in [1.165, 1.54) is 6.33 Å². The van der Waals surface area contributed by atoms with Gasteiger partial charge in [-0.1, -0.05) is 13.8 Å². The third kappa shape index (κ3) is 2.97. The van der Waals surface area contributed by atoms with Crippen LogP contribution in [0.15, 0.2) is 11.1 Å². The number of aromatic nitrogens is 4. The third-order valence-corrected chi connectivity index (χ3v) is 3.86. The number of nitrogens with zero attached hydrogens (tertiary/aromatic N) is 3. The Labute approximate surface area is 132 Å². The molecule has 1 amide bonds. The van der Waals surface area contributed by atoms with Crippen molar-refractivity contribution in [1.82, 2.24) is 19.5 Å². The summed E-state index contributed by atoms with van der Waals surface area (Å²) >= 11 is 0. The average Bonchev–Trinajstić information content (AvgIpc) is 3.12. The second-order valence-corrected chi connectivity index (χ2v) is 5.91. The number of carbonyl (C=O) groups excluding carboxylic acids is 1. The average molecular weight is 320 g/mol. The first-order valence-corrected chi connectivity index (χ1v) is 7.63. The topological polar surface area (TPSA) is 128 Å². The fourth-order valence-electron chi connectivity index (χ4n) is 2.52.